The molecule has 0 bridgehead atoms. The summed E-state index contributed by atoms with van der Waals surface area (Å²) in [6.45, 7) is 6.82. The summed E-state index contributed by atoms with van der Waals surface area (Å²) in [5, 5.41) is 15.5. The molecule has 0 radical (unpaired) electrons. The first kappa shape index (κ1) is 20.8. The minimum atomic E-state index is 0.488. The third-order valence-corrected chi connectivity index (χ3v) is 5.80. The first-order valence-corrected chi connectivity index (χ1v) is 11.1. The summed E-state index contributed by atoms with van der Waals surface area (Å²) in [7, 11) is 0. The Morgan fingerprint density at radius 3 is 2.42 bits per heavy atom. The van der Waals surface area contributed by atoms with E-state index in [0.29, 0.717) is 12.4 Å². The van der Waals surface area contributed by atoms with E-state index < -0.39 is 0 Å². The summed E-state index contributed by atoms with van der Waals surface area (Å²) in [6, 6.07) is 22.9. The van der Waals surface area contributed by atoms with Crippen LogP contribution in [-0.4, -0.2) is 25.6 Å². The number of aryl methyl sites for hydroxylation is 3. The van der Waals surface area contributed by atoms with E-state index in [1.807, 2.05) is 18.2 Å². The Kier molecular flexibility index (Phi) is 5.57. The standard InChI is InChI=1S/C27H25N5O/c1-4-21-15-25(24-14-17(2)13-18(3)26(24)28-21)33-16-19-9-11-20(12-10-19)22-7-5-6-8-23(22)27-29-31-32-30-27/h5-15H,4,16H2,1-3H3,(H,29,30,31,32). The van der Waals surface area contributed by atoms with Gasteiger partial charge in [0.15, 0.2) is 0 Å². The van der Waals surface area contributed by atoms with E-state index in [0.717, 1.165) is 51.0 Å². The molecule has 0 saturated carbocycles. The number of nitrogens with zero attached hydrogens (tertiary/aromatic N) is 4. The Labute approximate surface area is 192 Å². The number of ether oxygens (including phenoxy) is 1. The van der Waals surface area contributed by atoms with Crippen LogP contribution in [0.5, 0.6) is 5.75 Å². The van der Waals surface area contributed by atoms with Gasteiger partial charge in [0.2, 0.25) is 5.82 Å². The Hall–Kier alpha value is -4.06. The fraction of sp³-hybridized carbons (Fsp3) is 0.185. The number of rotatable bonds is 6. The molecule has 0 fully saturated rings. The van der Waals surface area contributed by atoms with Crippen molar-refractivity contribution < 1.29 is 4.74 Å². The molecular formula is C27H25N5O. The summed E-state index contributed by atoms with van der Waals surface area (Å²) in [5.41, 5.74) is 8.63. The smallest absolute Gasteiger partial charge is 0.205 e. The van der Waals surface area contributed by atoms with Crippen molar-refractivity contribution in [2.75, 3.05) is 0 Å². The van der Waals surface area contributed by atoms with Crippen LogP contribution in [0.2, 0.25) is 0 Å². The molecule has 0 aliphatic rings. The molecule has 0 unspecified atom stereocenters. The molecule has 0 aliphatic heterocycles. The summed E-state index contributed by atoms with van der Waals surface area (Å²) in [4.78, 5) is 4.83. The number of nitrogens with one attached hydrogen (secondary N) is 1. The second-order valence-electron chi connectivity index (χ2n) is 8.21. The van der Waals surface area contributed by atoms with Crippen LogP contribution in [0.1, 0.15) is 29.3 Å². The lowest BCUT2D eigenvalue weighted by atomic mass is 9.98. The maximum atomic E-state index is 6.31. The van der Waals surface area contributed by atoms with Crippen LogP contribution < -0.4 is 4.74 Å². The average molecular weight is 436 g/mol. The van der Waals surface area contributed by atoms with Gasteiger partial charge >= 0.3 is 0 Å². The fourth-order valence-corrected chi connectivity index (χ4v) is 4.15. The maximum absolute atomic E-state index is 6.31. The van der Waals surface area contributed by atoms with Crippen molar-refractivity contribution in [2.45, 2.75) is 33.8 Å². The third kappa shape index (κ3) is 4.20. The minimum absolute atomic E-state index is 0.488. The van der Waals surface area contributed by atoms with Gasteiger partial charge in [0.05, 0.1) is 5.52 Å². The molecule has 2 heterocycles. The maximum Gasteiger partial charge on any atom is 0.205 e. The molecule has 0 atom stereocenters. The van der Waals surface area contributed by atoms with Gasteiger partial charge in [-0.1, -0.05) is 61.5 Å². The number of hydrogen-bond acceptors (Lipinski definition) is 5. The van der Waals surface area contributed by atoms with Crippen LogP contribution in [-0.2, 0) is 13.0 Å². The van der Waals surface area contributed by atoms with Crippen LogP contribution in [0, 0.1) is 13.8 Å². The predicted octanol–water partition coefficient (Wildman–Crippen LogP) is 5.84. The Morgan fingerprint density at radius 2 is 1.70 bits per heavy atom. The van der Waals surface area contributed by atoms with Gasteiger partial charge < -0.3 is 4.74 Å². The normalized spacial score (nSPS) is 11.1. The van der Waals surface area contributed by atoms with Crippen LogP contribution in [0.3, 0.4) is 0 Å². The zero-order valence-corrected chi connectivity index (χ0v) is 19.0. The van der Waals surface area contributed by atoms with Gasteiger partial charge in [-0.2, -0.15) is 5.21 Å². The number of hydrogen-bond donors (Lipinski definition) is 1. The van der Waals surface area contributed by atoms with Crippen LogP contribution in [0.25, 0.3) is 33.4 Å². The van der Waals surface area contributed by atoms with Crippen molar-refractivity contribution in [3.63, 3.8) is 0 Å². The monoisotopic (exact) mass is 435 g/mol. The van der Waals surface area contributed by atoms with Gasteiger partial charge in [-0.15, -0.1) is 10.2 Å². The van der Waals surface area contributed by atoms with Crippen LogP contribution >= 0.6 is 0 Å². The van der Waals surface area contributed by atoms with E-state index in [1.165, 1.54) is 11.1 Å². The van der Waals surface area contributed by atoms with Gasteiger partial charge in [0, 0.05) is 22.7 Å². The summed E-state index contributed by atoms with van der Waals surface area (Å²) < 4.78 is 6.31. The van der Waals surface area contributed by atoms with Crippen LogP contribution in [0.15, 0.2) is 66.7 Å². The van der Waals surface area contributed by atoms with Crippen molar-refractivity contribution >= 4 is 10.9 Å². The molecule has 0 spiro atoms. The third-order valence-electron chi connectivity index (χ3n) is 5.80. The quantitative estimate of drug-likeness (QED) is 0.363. The van der Waals surface area contributed by atoms with E-state index in [4.69, 9.17) is 9.72 Å². The fourth-order valence-electron chi connectivity index (χ4n) is 4.15. The lowest BCUT2D eigenvalue weighted by molar-refractivity contribution is 0.309. The zero-order valence-electron chi connectivity index (χ0n) is 19.0. The molecule has 164 valence electrons. The topological polar surface area (TPSA) is 76.6 Å². The van der Waals surface area contributed by atoms with Gasteiger partial charge in [-0.3, -0.25) is 4.98 Å². The Morgan fingerprint density at radius 1 is 0.909 bits per heavy atom. The van der Waals surface area contributed by atoms with Crippen molar-refractivity contribution in [1.29, 1.82) is 0 Å². The predicted molar refractivity (Wildman–Crippen MR) is 130 cm³/mol. The summed E-state index contributed by atoms with van der Waals surface area (Å²) in [6.07, 6.45) is 0.869. The molecule has 2 aromatic heterocycles. The van der Waals surface area contributed by atoms with Gasteiger partial charge in [-0.25, -0.2) is 0 Å². The van der Waals surface area contributed by atoms with Crippen molar-refractivity contribution in [3.05, 3.63) is 89.1 Å². The van der Waals surface area contributed by atoms with Gasteiger partial charge in [0.25, 0.3) is 0 Å². The first-order valence-electron chi connectivity index (χ1n) is 11.1. The van der Waals surface area contributed by atoms with Gasteiger partial charge in [-0.05, 0) is 59.4 Å². The number of tetrazole rings is 1. The molecule has 6 heteroatoms. The zero-order chi connectivity index (χ0) is 22.8. The number of fused-ring (bicyclic) bond motifs is 1. The molecule has 5 rings (SSSR count). The van der Waals surface area contributed by atoms with Crippen molar-refractivity contribution in [2.24, 2.45) is 0 Å². The minimum Gasteiger partial charge on any atom is -0.488 e. The highest BCUT2D eigenvalue weighted by Crippen LogP contribution is 2.31. The molecule has 1 N–H and O–H groups in total. The van der Waals surface area contributed by atoms with Crippen molar-refractivity contribution in [3.8, 4) is 28.3 Å². The van der Waals surface area contributed by atoms with E-state index in [1.54, 1.807) is 0 Å². The van der Waals surface area contributed by atoms with Crippen molar-refractivity contribution in [1.82, 2.24) is 25.6 Å². The summed E-state index contributed by atoms with van der Waals surface area (Å²) in [5.74, 6) is 1.47. The molecule has 0 amide bonds. The lowest BCUT2D eigenvalue weighted by Gasteiger charge is -2.14. The Balaban J connectivity index is 1.41. The molecule has 33 heavy (non-hydrogen) atoms. The van der Waals surface area contributed by atoms with E-state index >= 15 is 0 Å². The highest BCUT2D eigenvalue weighted by molar-refractivity contribution is 5.88. The molecule has 3 aromatic carbocycles. The number of aromatic amines is 1. The second kappa shape index (κ2) is 8.82. The molecule has 0 aliphatic carbocycles. The lowest BCUT2D eigenvalue weighted by Crippen LogP contribution is -2.00. The van der Waals surface area contributed by atoms with Crippen LogP contribution in [0.4, 0.5) is 0 Å². The molecule has 6 nitrogen and oxygen atoms in total. The molecule has 0 saturated heterocycles. The number of H-pyrrole nitrogens is 1. The highest BCUT2D eigenvalue weighted by atomic mass is 16.5. The average Bonchev–Trinajstić information content (AvgIpc) is 3.38. The highest BCUT2D eigenvalue weighted by Gasteiger charge is 2.12. The molecular weight excluding hydrogens is 410 g/mol. The second-order valence-corrected chi connectivity index (χ2v) is 8.21. The van der Waals surface area contributed by atoms with E-state index in [9.17, 15) is 0 Å². The Bertz CT molecular complexity index is 1410. The largest absolute Gasteiger partial charge is 0.488 e. The van der Waals surface area contributed by atoms with E-state index in [2.05, 4.69) is 89.9 Å². The number of benzene rings is 3. The number of aromatic nitrogens is 5. The first-order chi connectivity index (χ1) is 16.1. The number of pyridine rings is 1. The SMILES string of the molecule is CCc1cc(OCc2ccc(-c3ccccc3-c3nn[nH]n3)cc2)c2cc(C)cc(C)c2n1. The van der Waals surface area contributed by atoms with Gasteiger partial charge in [0.1, 0.15) is 12.4 Å². The summed E-state index contributed by atoms with van der Waals surface area (Å²) >= 11 is 0. The van der Waals surface area contributed by atoms with E-state index in [-0.39, 0.29) is 0 Å². The molecule has 5 aromatic rings.